The maximum absolute atomic E-state index is 12.9. The molecule has 0 N–H and O–H groups in total. The van der Waals surface area contributed by atoms with Crippen LogP contribution in [-0.2, 0) is 13.1 Å². The summed E-state index contributed by atoms with van der Waals surface area (Å²) in [6.07, 6.45) is 0. The lowest BCUT2D eigenvalue weighted by Crippen LogP contribution is -2.13. The topological polar surface area (TPSA) is 42.0 Å². The summed E-state index contributed by atoms with van der Waals surface area (Å²) in [5.41, 5.74) is 3.31. The van der Waals surface area contributed by atoms with E-state index in [1.165, 1.54) is 0 Å². The SMILES string of the molecule is COc1cc(C(=O)c2ccc(CN(C)C)c(OC)c2)ccc1CN(C)C. The largest absolute Gasteiger partial charge is 0.496 e. The van der Waals surface area contributed by atoms with Crippen molar-refractivity contribution in [3.8, 4) is 11.5 Å². The van der Waals surface area contributed by atoms with Crippen LogP contribution in [0.3, 0.4) is 0 Å². The summed E-state index contributed by atoms with van der Waals surface area (Å²) in [7, 11) is 11.3. The van der Waals surface area contributed by atoms with Crippen molar-refractivity contribution in [2.45, 2.75) is 13.1 Å². The summed E-state index contributed by atoms with van der Waals surface area (Å²) in [5.74, 6) is 1.40. The summed E-state index contributed by atoms with van der Waals surface area (Å²) in [6.45, 7) is 1.51. The van der Waals surface area contributed by atoms with Gasteiger partial charge in [0.2, 0.25) is 0 Å². The molecule has 0 saturated carbocycles. The van der Waals surface area contributed by atoms with Gasteiger partial charge in [0.05, 0.1) is 14.2 Å². The van der Waals surface area contributed by atoms with Gasteiger partial charge in [0, 0.05) is 35.3 Å². The van der Waals surface area contributed by atoms with E-state index in [9.17, 15) is 4.79 Å². The predicted molar refractivity (Wildman–Crippen MR) is 104 cm³/mol. The van der Waals surface area contributed by atoms with E-state index in [-0.39, 0.29) is 5.78 Å². The summed E-state index contributed by atoms with van der Waals surface area (Å²) in [4.78, 5) is 17.0. The molecule has 5 nitrogen and oxygen atoms in total. The van der Waals surface area contributed by atoms with Gasteiger partial charge in [-0.2, -0.15) is 0 Å². The van der Waals surface area contributed by atoms with Crippen LogP contribution in [0.5, 0.6) is 11.5 Å². The van der Waals surface area contributed by atoms with Gasteiger partial charge in [0.15, 0.2) is 5.78 Å². The molecule has 0 fully saturated rings. The van der Waals surface area contributed by atoms with Gasteiger partial charge in [0.25, 0.3) is 0 Å². The van der Waals surface area contributed by atoms with E-state index in [0.29, 0.717) is 11.1 Å². The van der Waals surface area contributed by atoms with E-state index in [4.69, 9.17) is 9.47 Å². The molecule has 0 atom stereocenters. The summed E-state index contributed by atoms with van der Waals surface area (Å²) >= 11 is 0. The van der Waals surface area contributed by atoms with Crippen molar-refractivity contribution in [1.29, 1.82) is 0 Å². The quantitative estimate of drug-likeness (QED) is 0.680. The Morgan fingerprint density at radius 3 is 1.46 bits per heavy atom. The Balaban J connectivity index is 2.33. The lowest BCUT2D eigenvalue weighted by Gasteiger charge is -2.16. The lowest BCUT2D eigenvalue weighted by molar-refractivity contribution is 0.103. The number of nitrogens with zero attached hydrogens (tertiary/aromatic N) is 2. The molecule has 5 heteroatoms. The number of ether oxygens (including phenoxy) is 2. The highest BCUT2D eigenvalue weighted by atomic mass is 16.5. The molecule has 0 bridgehead atoms. The van der Waals surface area contributed by atoms with E-state index in [2.05, 4.69) is 9.80 Å². The molecule has 0 spiro atoms. The second-order valence-corrected chi connectivity index (χ2v) is 6.86. The van der Waals surface area contributed by atoms with Crippen LogP contribution in [0.2, 0.25) is 0 Å². The van der Waals surface area contributed by atoms with Crippen molar-refractivity contribution >= 4 is 5.78 Å². The van der Waals surface area contributed by atoms with Crippen LogP contribution in [0.1, 0.15) is 27.0 Å². The molecule has 140 valence electrons. The second kappa shape index (κ2) is 8.83. The monoisotopic (exact) mass is 356 g/mol. The zero-order valence-corrected chi connectivity index (χ0v) is 16.5. The van der Waals surface area contributed by atoms with Crippen molar-refractivity contribution in [3.05, 3.63) is 58.7 Å². The zero-order valence-electron chi connectivity index (χ0n) is 16.5. The van der Waals surface area contributed by atoms with E-state index in [1.54, 1.807) is 26.4 Å². The van der Waals surface area contributed by atoms with E-state index >= 15 is 0 Å². The normalized spacial score (nSPS) is 11.1. The van der Waals surface area contributed by atoms with Crippen molar-refractivity contribution in [3.63, 3.8) is 0 Å². The summed E-state index contributed by atoms with van der Waals surface area (Å²) in [6, 6.07) is 11.2. The molecule has 0 aliphatic heterocycles. The van der Waals surface area contributed by atoms with Crippen molar-refractivity contribution in [2.24, 2.45) is 0 Å². The average molecular weight is 356 g/mol. The first-order chi connectivity index (χ1) is 12.3. The molecule has 2 rings (SSSR count). The molecule has 26 heavy (non-hydrogen) atoms. The molecular weight excluding hydrogens is 328 g/mol. The minimum absolute atomic E-state index is 0.0468. The third-order valence-electron chi connectivity index (χ3n) is 4.07. The Kier molecular flexibility index (Phi) is 6.77. The van der Waals surface area contributed by atoms with E-state index in [0.717, 1.165) is 35.7 Å². The first kappa shape index (κ1) is 19.9. The number of hydrogen-bond donors (Lipinski definition) is 0. The number of carbonyl (C=O) groups excluding carboxylic acids is 1. The maximum atomic E-state index is 12.9. The highest BCUT2D eigenvalue weighted by Gasteiger charge is 2.15. The van der Waals surface area contributed by atoms with Crippen LogP contribution in [0.4, 0.5) is 0 Å². The Hall–Kier alpha value is -2.37. The summed E-state index contributed by atoms with van der Waals surface area (Å²) < 4.78 is 10.9. The lowest BCUT2D eigenvalue weighted by atomic mass is 9.99. The fraction of sp³-hybridized carbons (Fsp3) is 0.381. The second-order valence-electron chi connectivity index (χ2n) is 6.86. The first-order valence-corrected chi connectivity index (χ1v) is 8.53. The average Bonchev–Trinajstić information content (AvgIpc) is 2.60. The van der Waals surface area contributed by atoms with Gasteiger partial charge in [0.1, 0.15) is 11.5 Å². The van der Waals surface area contributed by atoms with Gasteiger partial charge in [-0.05, 0) is 40.3 Å². The molecule has 0 amide bonds. The fourth-order valence-electron chi connectivity index (χ4n) is 2.88. The van der Waals surface area contributed by atoms with Gasteiger partial charge >= 0.3 is 0 Å². The van der Waals surface area contributed by atoms with Crippen molar-refractivity contribution < 1.29 is 14.3 Å². The van der Waals surface area contributed by atoms with Gasteiger partial charge in [-0.15, -0.1) is 0 Å². The standard InChI is InChI=1S/C21H28N2O3/c1-22(2)13-17-9-7-15(11-19(17)25-5)21(24)16-8-10-18(14-23(3)4)20(12-16)26-6/h7-12H,13-14H2,1-6H3. The Morgan fingerprint density at radius 2 is 1.15 bits per heavy atom. The van der Waals surface area contributed by atoms with Crippen molar-refractivity contribution in [1.82, 2.24) is 9.80 Å². The summed E-state index contributed by atoms with van der Waals surface area (Å²) in [5, 5.41) is 0. The number of hydrogen-bond acceptors (Lipinski definition) is 5. The van der Waals surface area contributed by atoms with Crippen LogP contribution in [-0.4, -0.2) is 58.0 Å². The number of ketones is 1. The van der Waals surface area contributed by atoms with Gasteiger partial charge < -0.3 is 19.3 Å². The fourth-order valence-corrected chi connectivity index (χ4v) is 2.88. The van der Waals surface area contributed by atoms with Crippen LogP contribution >= 0.6 is 0 Å². The van der Waals surface area contributed by atoms with Crippen LogP contribution in [0, 0.1) is 0 Å². The number of rotatable bonds is 8. The molecule has 0 aliphatic carbocycles. The maximum Gasteiger partial charge on any atom is 0.193 e. The van der Waals surface area contributed by atoms with Crippen LogP contribution in [0.15, 0.2) is 36.4 Å². The minimum Gasteiger partial charge on any atom is -0.496 e. The molecule has 2 aromatic carbocycles. The van der Waals surface area contributed by atoms with Crippen molar-refractivity contribution in [2.75, 3.05) is 42.4 Å². The molecule has 0 saturated heterocycles. The Labute approximate surface area is 156 Å². The number of benzene rings is 2. The first-order valence-electron chi connectivity index (χ1n) is 8.53. The molecule has 2 aromatic rings. The van der Waals surface area contributed by atoms with E-state index in [1.807, 2.05) is 52.5 Å². The van der Waals surface area contributed by atoms with Crippen LogP contribution in [0.25, 0.3) is 0 Å². The molecule has 0 aliphatic rings. The smallest absolute Gasteiger partial charge is 0.193 e. The van der Waals surface area contributed by atoms with Crippen LogP contribution < -0.4 is 9.47 Å². The van der Waals surface area contributed by atoms with Gasteiger partial charge in [-0.1, -0.05) is 24.3 Å². The third kappa shape index (κ3) is 4.84. The minimum atomic E-state index is -0.0468. The molecule has 0 aromatic heterocycles. The third-order valence-corrected chi connectivity index (χ3v) is 4.07. The highest BCUT2D eigenvalue weighted by molar-refractivity contribution is 6.09. The number of methoxy groups -OCH3 is 2. The Morgan fingerprint density at radius 1 is 0.769 bits per heavy atom. The highest BCUT2D eigenvalue weighted by Crippen LogP contribution is 2.26. The molecule has 0 heterocycles. The predicted octanol–water partition coefficient (Wildman–Crippen LogP) is 3.06. The molecule has 0 unspecified atom stereocenters. The Bertz CT molecular complexity index is 706. The molecule has 0 radical (unpaired) electrons. The van der Waals surface area contributed by atoms with Gasteiger partial charge in [-0.3, -0.25) is 4.79 Å². The van der Waals surface area contributed by atoms with E-state index < -0.39 is 0 Å². The molecular formula is C21H28N2O3. The zero-order chi connectivity index (χ0) is 19.3. The number of carbonyl (C=O) groups is 1. The van der Waals surface area contributed by atoms with Gasteiger partial charge in [-0.25, -0.2) is 0 Å².